The van der Waals surface area contributed by atoms with Crippen molar-refractivity contribution < 1.29 is 0 Å². The van der Waals surface area contributed by atoms with Crippen molar-refractivity contribution >= 4 is 62.1 Å². The van der Waals surface area contributed by atoms with Crippen LogP contribution >= 0.6 is 50.7 Å². The zero-order valence-corrected chi connectivity index (χ0v) is 13.0. The third-order valence-corrected chi connectivity index (χ3v) is 3.31. The van der Waals surface area contributed by atoms with E-state index in [1.54, 1.807) is 30.3 Å². The van der Waals surface area contributed by atoms with Gasteiger partial charge in [0.25, 0.3) is 0 Å². The summed E-state index contributed by atoms with van der Waals surface area (Å²) in [7, 11) is 0. The first-order valence-electron chi connectivity index (χ1n) is 4.81. The molecule has 18 heavy (non-hydrogen) atoms. The number of hydrogen-bond donors (Lipinski definition) is 2. The fourth-order valence-corrected chi connectivity index (χ4v) is 2.08. The maximum Gasteiger partial charge on any atom is 0.0650 e. The van der Waals surface area contributed by atoms with E-state index in [2.05, 4.69) is 15.9 Å². The monoisotopic (exact) mass is 366 g/mol. The predicted molar refractivity (Wildman–Crippen MR) is 84.4 cm³/mol. The summed E-state index contributed by atoms with van der Waals surface area (Å²) in [6.07, 6.45) is 0. The van der Waals surface area contributed by atoms with Gasteiger partial charge in [-0.3, -0.25) is 0 Å². The Hall–Kier alpha value is -0.610. The van der Waals surface area contributed by atoms with Gasteiger partial charge < -0.3 is 11.5 Å². The molecule has 2 aromatic rings. The van der Waals surface area contributed by atoms with Crippen LogP contribution in [0.25, 0.3) is 0 Å². The lowest BCUT2D eigenvalue weighted by molar-refractivity contribution is 1.64. The van der Waals surface area contributed by atoms with Crippen molar-refractivity contribution in [3.05, 3.63) is 55.9 Å². The Bertz CT molecular complexity index is 497. The Balaban J connectivity index is 0.000000180. The van der Waals surface area contributed by atoms with Gasteiger partial charge >= 0.3 is 0 Å². The van der Waals surface area contributed by atoms with Gasteiger partial charge in [0.05, 0.1) is 21.4 Å². The van der Waals surface area contributed by atoms with Crippen molar-refractivity contribution in [3.8, 4) is 0 Å². The van der Waals surface area contributed by atoms with E-state index in [0.717, 1.165) is 4.47 Å². The van der Waals surface area contributed by atoms with Crippen LogP contribution in [0.2, 0.25) is 15.1 Å². The highest BCUT2D eigenvalue weighted by atomic mass is 79.9. The van der Waals surface area contributed by atoms with Crippen molar-refractivity contribution in [1.29, 1.82) is 0 Å². The fourth-order valence-electron chi connectivity index (χ4n) is 1.00. The molecular weight excluding hydrogens is 358 g/mol. The zero-order valence-electron chi connectivity index (χ0n) is 9.13. The molecule has 0 saturated heterocycles. The summed E-state index contributed by atoms with van der Waals surface area (Å²) in [6, 6.07) is 10.3. The molecule has 0 aliphatic carbocycles. The minimum absolute atomic E-state index is 0.502. The molecule has 0 aliphatic heterocycles. The van der Waals surface area contributed by atoms with Gasteiger partial charge in [-0.25, -0.2) is 0 Å². The van der Waals surface area contributed by atoms with Crippen molar-refractivity contribution in [2.45, 2.75) is 0 Å². The number of nitrogens with two attached hydrogens (primary N) is 2. The van der Waals surface area contributed by atoms with E-state index in [1.807, 2.05) is 6.07 Å². The van der Waals surface area contributed by atoms with Gasteiger partial charge in [0.2, 0.25) is 0 Å². The summed E-state index contributed by atoms with van der Waals surface area (Å²) < 4.78 is 0.946. The second kappa shape index (κ2) is 7.10. The van der Waals surface area contributed by atoms with Crippen LogP contribution in [0.1, 0.15) is 0 Å². The van der Waals surface area contributed by atoms with Crippen molar-refractivity contribution in [3.63, 3.8) is 0 Å². The van der Waals surface area contributed by atoms with Crippen molar-refractivity contribution in [2.24, 2.45) is 0 Å². The molecule has 0 heterocycles. The van der Waals surface area contributed by atoms with Gasteiger partial charge in [-0.2, -0.15) is 0 Å². The van der Waals surface area contributed by atoms with E-state index >= 15 is 0 Å². The molecular formula is C12H10BrCl3N2. The first-order chi connectivity index (χ1) is 8.40. The second-order valence-corrected chi connectivity index (χ2v) is 5.50. The molecule has 0 amide bonds. The summed E-state index contributed by atoms with van der Waals surface area (Å²) in [5.74, 6) is 0. The molecule has 2 nitrogen and oxygen atoms in total. The third-order valence-electron chi connectivity index (χ3n) is 1.92. The van der Waals surface area contributed by atoms with Crippen LogP contribution in [0, 0.1) is 0 Å². The minimum Gasteiger partial charge on any atom is -0.398 e. The fraction of sp³-hybridized carbons (Fsp3) is 0. The molecule has 0 radical (unpaired) electrons. The quantitative estimate of drug-likeness (QED) is 0.623. The molecule has 0 aromatic heterocycles. The topological polar surface area (TPSA) is 52.0 Å². The highest BCUT2D eigenvalue weighted by molar-refractivity contribution is 9.10. The maximum atomic E-state index is 5.66. The van der Waals surface area contributed by atoms with Crippen LogP contribution in [0.5, 0.6) is 0 Å². The molecule has 4 N–H and O–H groups in total. The van der Waals surface area contributed by atoms with Gasteiger partial charge in [-0.05, 0) is 36.4 Å². The molecule has 0 bridgehead atoms. The lowest BCUT2D eigenvalue weighted by Crippen LogP contribution is -1.83. The van der Waals surface area contributed by atoms with Crippen LogP contribution in [-0.2, 0) is 0 Å². The summed E-state index contributed by atoms with van der Waals surface area (Å²) in [6.45, 7) is 0. The van der Waals surface area contributed by atoms with E-state index in [-0.39, 0.29) is 0 Å². The normalized spacial score (nSPS) is 9.56. The van der Waals surface area contributed by atoms with Gasteiger partial charge in [-0.15, -0.1) is 0 Å². The number of benzene rings is 2. The molecule has 0 aliphatic rings. The van der Waals surface area contributed by atoms with Crippen LogP contribution in [0.3, 0.4) is 0 Å². The van der Waals surface area contributed by atoms with Crippen LogP contribution in [0.4, 0.5) is 11.4 Å². The number of hydrogen-bond acceptors (Lipinski definition) is 2. The van der Waals surface area contributed by atoms with Crippen molar-refractivity contribution in [1.82, 2.24) is 0 Å². The lowest BCUT2D eigenvalue weighted by atomic mass is 10.3. The first-order valence-corrected chi connectivity index (χ1v) is 6.74. The Labute approximate surface area is 129 Å². The second-order valence-electron chi connectivity index (χ2n) is 3.33. The highest BCUT2D eigenvalue weighted by Crippen LogP contribution is 2.22. The highest BCUT2D eigenvalue weighted by Gasteiger charge is 1.94. The molecule has 0 unspecified atom stereocenters. The smallest absolute Gasteiger partial charge is 0.0650 e. The van der Waals surface area contributed by atoms with E-state index in [4.69, 9.17) is 46.3 Å². The average molecular weight is 368 g/mol. The first kappa shape index (κ1) is 15.4. The average Bonchev–Trinajstić information content (AvgIpc) is 2.30. The van der Waals surface area contributed by atoms with Crippen LogP contribution in [0.15, 0.2) is 40.9 Å². The molecule has 0 spiro atoms. The summed E-state index contributed by atoms with van der Waals surface area (Å²) in [4.78, 5) is 0. The SMILES string of the molecule is Nc1ccc(Br)cc1Cl.Nc1ccc(Cl)cc1Cl. The van der Waals surface area contributed by atoms with Gasteiger partial charge in [0, 0.05) is 9.50 Å². The minimum atomic E-state index is 0.502. The van der Waals surface area contributed by atoms with E-state index < -0.39 is 0 Å². The molecule has 96 valence electrons. The molecule has 2 aromatic carbocycles. The van der Waals surface area contributed by atoms with Gasteiger partial charge in [0.15, 0.2) is 0 Å². The zero-order chi connectivity index (χ0) is 13.7. The Morgan fingerprint density at radius 2 is 1.28 bits per heavy atom. The standard InChI is InChI=1S/C6H5BrClN.C6H5Cl2N/c2*7-4-1-2-6(9)5(8)3-4/h2*1-3H,9H2. The maximum absolute atomic E-state index is 5.66. The molecule has 0 saturated carbocycles. The lowest BCUT2D eigenvalue weighted by Gasteiger charge is -1.95. The number of anilines is 2. The van der Waals surface area contributed by atoms with E-state index in [9.17, 15) is 0 Å². The van der Waals surface area contributed by atoms with Gasteiger partial charge in [-0.1, -0.05) is 50.7 Å². The van der Waals surface area contributed by atoms with E-state index in [0.29, 0.717) is 26.4 Å². The Kier molecular flexibility index (Phi) is 6.09. The molecule has 6 heteroatoms. The van der Waals surface area contributed by atoms with Crippen molar-refractivity contribution in [2.75, 3.05) is 11.5 Å². The number of halogens is 4. The predicted octanol–water partition coefficient (Wildman–Crippen LogP) is 5.26. The Morgan fingerprint density at radius 3 is 1.67 bits per heavy atom. The molecule has 0 atom stereocenters. The summed E-state index contributed by atoms with van der Waals surface area (Å²) in [5.41, 5.74) is 12.0. The van der Waals surface area contributed by atoms with Crippen LogP contribution < -0.4 is 11.5 Å². The third kappa shape index (κ3) is 4.94. The largest absolute Gasteiger partial charge is 0.398 e. The Morgan fingerprint density at radius 1 is 0.778 bits per heavy atom. The molecule has 0 fully saturated rings. The summed E-state index contributed by atoms with van der Waals surface area (Å²) >= 11 is 20.1. The number of rotatable bonds is 0. The summed E-state index contributed by atoms with van der Waals surface area (Å²) in [5, 5.41) is 1.70. The van der Waals surface area contributed by atoms with Gasteiger partial charge in [0.1, 0.15) is 0 Å². The molecule has 2 rings (SSSR count). The van der Waals surface area contributed by atoms with E-state index in [1.165, 1.54) is 0 Å². The van der Waals surface area contributed by atoms with Crippen LogP contribution in [-0.4, -0.2) is 0 Å². The number of nitrogen functional groups attached to an aromatic ring is 2.